The van der Waals surface area contributed by atoms with Crippen molar-refractivity contribution < 1.29 is 4.52 Å². The maximum Gasteiger partial charge on any atom is 0.248 e. The summed E-state index contributed by atoms with van der Waals surface area (Å²) in [6.45, 7) is 3.81. The predicted octanol–water partition coefficient (Wildman–Crippen LogP) is 4.49. The number of guanidine groups is 1. The molecule has 0 saturated carbocycles. The van der Waals surface area contributed by atoms with Crippen molar-refractivity contribution in [2.45, 2.75) is 19.9 Å². The first-order valence-corrected chi connectivity index (χ1v) is 10.8. The maximum atomic E-state index is 5.93. The smallest absolute Gasteiger partial charge is 0.248 e. The van der Waals surface area contributed by atoms with E-state index in [0.29, 0.717) is 22.7 Å². The summed E-state index contributed by atoms with van der Waals surface area (Å²) < 4.78 is 7.17. The molecule has 33 heavy (non-hydrogen) atoms. The van der Waals surface area contributed by atoms with Gasteiger partial charge in [-0.15, -0.1) is 24.0 Å². The number of hydrogen-bond acceptors (Lipinski definition) is 5. The van der Waals surface area contributed by atoms with Gasteiger partial charge in [-0.1, -0.05) is 28.9 Å². The van der Waals surface area contributed by atoms with Crippen LogP contribution in [0.15, 0.2) is 76.5 Å². The molecule has 4 aromatic rings. The third-order valence-electron chi connectivity index (χ3n) is 4.70. The van der Waals surface area contributed by atoms with Gasteiger partial charge >= 0.3 is 0 Å². The Hall–Kier alpha value is -2.92. The normalized spacial score (nSPS) is 11.2. The molecule has 10 heteroatoms. The van der Waals surface area contributed by atoms with E-state index >= 15 is 0 Å². The summed E-state index contributed by atoms with van der Waals surface area (Å²) in [4.78, 5) is 8.96. The average Bonchev–Trinajstić information content (AvgIpc) is 3.51. The molecule has 0 atom stereocenters. The monoisotopic (exact) mass is 577 g/mol. The molecule has 0 unspecified atom stereocenters. The Labute approximate surface area is 214 Å². The van der Waals surface area contributed by atoms with Gasteiger partial charge in [-0.3, -0.25) is 0 Å². The fourth-order valence-corrected chi connectivity index (χ4v) is 3.21. The SMILES string of the molecule is CCNC(=NCc1nc(-c2ccc(Cl)cc2)no1)NCCc1ccc(-n2cccn2)cc1.I. The van der Waals surface area contributed by atoms with Gasteiger partial charge in [0.1, 0.15) is 6.54 Å². The van der Waals surface area contributed by atoms with Crippen LogP contribution >= 0.6 is 35.6 Å². The number of aliphatic imine (C=N–C) groups is 1. The van der Waals surface area contributed by atoms with E-state index in [2.05, 4.69) is 55.1 Å². The molecule has 0 fully saturated rings. The van der Waals surface area contributed by atoms with Crippen LogP contribution in [0, 0.1) is 0 Å². The minimum Gasteiger partial charge on any atom is -0.357 e. The molecule has 2 aromatic carbocycles. The summed E-state index contributed by atoms with van der Waals surface area (Å²) in [7, 11) is 0. The van der Waals surface area contributed by atoms with Crippen LogP contribution in [0.25, 0.3) is 17.1 Å². The molecule has 4 rings (SSSR count). The van der Waals surface area contributed by atoms with Crippen molar-refractivity contribution >= 4 is 41.5 Å². The highest BCUT2D eigenvalue weighted by molar-refractivity contribution is 14.0. The Bertz CT molecular complexity index is 1140. The first-order valence-electron chi connectivity index (χ1n) is 10.4. The zero-order valence-electron chi connectivity index (χ0n) is 18.1. The quantitative estimate of drug-likeness (QED) is 0.182. The van der Waals surface area contributed by atoms with Gasteiger partial charge in [0.25, 0.3) is 0 Å². The van der Waals surface area contributed by atoms with Crippen LogP contribution in [0.1, 0.15) is 18.4 Å². The van der Waals surface area contributed by atoms with Crippen LogP contribution in [0.3, 0.4) is 0 Å². The molecular formula is C23H25ClIN7O. The molecule has 2 aromatic heterocycles. The molecule has 0 spiro atoms. The van der Waals surface area contributed by atoms with Gasteiger partial charge < -0.3 is 15.2 Å². The Morgan fingerprint density at radius 3 is 2.58 bits per heavy atom. The number of halogens is 2. The third kappa shape index (κ3) is 7.03. The van der Waals surface area contributed by atoms with Gasteiger partial charge in [-0.05, 0) is 61.4 Å². The van der Waals surface area contributed by atoms with Gasteiger partial charge in [0.05, 0.1) is 5.69 Å². The van der Waals surface area contributed by atoms with Gasteiger partial charge in [0.15, 0.2) is 5.96 Å². The fraction of sp³-hybridized carbons (Fsp3) is 0.217. The number of rotatable bonds is 8. The van der Waals surface area contributed by atoms with Crippen molar-refractivity contribution in [3.63, 3.8) is 0 Å². The zero-order chi connectivity index (χ0) is 22.2. The highest BCUT2D eigenvalue weighted by Gasteiger charge is 2.09. The topological polar surface area (TPSA) is 93.2 Å². The third-order valence-corrected chi connectivity index (χ3v) is 4.95. The molecule has 0 amide bonds. The van der Waals surface area contributed by atoms with Crippen molar-refractivity contribution in [2.24, 2.45) is 4.99 Å². The molecule has 0 aliphatic heterocycles. The van der Waals surface area contributed by atoms with E-state index in [4.69, 9.17) is 16.1 Å². The van der Waals surface area contributed by atoms with E-state index in [0.717, 1.165) is 30.8 Å². The average molecular weight is 578 g/mol. The van der Waals surface area contributed by atoms with Crippen LogP contribution < -0.4 is 10.6 Å². The van der Waals surface area contributed by atoms with Crippen molar-refractivity contribution in [2.75, 3.05) is 13.1 Å². The number of aromatic nitrogens is 4. The second-order valence-electron chi connectivity index (χ2n) is 7.01. The van der Waals surface area contributed by atoms with Gasteiger partial charge in [0.2, 0.25) is 11.7 Å². The predicted molar refractivity (Wildman–Crippen MR) is 140 cm³/mol. The molecule has 0 radical (unpaired) electrons. The highest BCUT2D eigenvalue weighted by atomic mass is 127. The lowest BCUT2D eigenvalue weighted by Gasteiger charge is -2.11. The van der Waals surface area contributed by atoms with Gasteiger partial charge in [0, 0.05) is 36.1 Å². The van der Waals surface area contributed by atoms with Crippen molar-refractivity contribution in [3.8, 4) is 17.1 Å². The molecule has 0 bridgehead atoms. The number of benzene rings is 2. The maximum absolute atomic E-state index is 5.93. The number of nitrogens with one attached hydrogen (secondary N) is 2. The second kappa shape index (κ2) is 12.4. The Morgan fingerprint density at radius 2 is 1.88 bits per heavy atom. The Kier molecular flexibility index (Phi) is 9.25. The summed E-state index contributed by atoms with van der Waals surface area (Å²) in [5, 5.41) is 15.5. The molecule has 0 saturated heterocycles. The van der Waals surface area contributed by atoms with E-state index in [1.54, 1.807) is 18.3 Å². The van der Waals surface area contributed by atoms with Crippen LogP contribution in [0.5, 0.6) is 0 Å². The summed E-state index contributed by atoms with van der Waals surface area (Å²) in [6.07, 6.45) is 4.56. The molecule has 2 heterocycles. The second-order valence-corrected chi connectivity index (χ2v) is 7.44. The van der Waals surface area contributed by atoms with Crippen molar-refractivity contribution in [3.05, 3.63) is 83.5 Å². The van der Waals surface area contributed by atoms with Gasteiger partial charge in [-0.25, -0.2) is 9.67 Å². The summed E-state index contributed by atoms with van der Waals surface area (Å²) in [5.41, 5.74) is 3.12. The Balaban J connectivity index is 0.00000306. The van der Waals surface area contributed by atoms with Crippen LogP contribution in [0.4, 0.5) is 0 Å². The molecule has 2 N–H and O–H groups in total. The van der Waals surface area contributed by atoms with Crippen molar-refractivity contribution in [1.29, 1.82) is 0 Å². The van der Waals surface area contributed by atoms with E-state index in [1.165, 1.54) is 5.56 Å². The molecule has 0 aliphatic rings. The molecule has 0 aliphatic carbocycles. The van der Waals surface area contributed by atoms with Crippen molar-refractivity contribution in [1.82, 2.24) is 30.6 Å². The lowest BCUT2D eigenvalue weighted by molar-refractivity contribution is 0.380. The summed E-state index contributed by atoms with van der Waals surface area (Å²) >= 11 is 5.93. The minimum atomic E-state index is 0. The van der Waals surface area contributed by atoms with Gasteiger partial charge in [-0.2, -0.15) is 10.1 Å². The first kappa shape index (κ1) is 24.7. The van der Waals surface area contributed by atoms with Crippen LogP contribution in [-0.2, 0) is 13.0 Å². The molecule has 8 nitrogen and oxygen atoms in total. The van der Waals surface area contributed by atoms with E-state index in [-0.39, 0.29) is 30.5 Å². The van der Waals surface area contributed by atoms with E-state index in [1.807, 2.05) is 36.0 Å². The first-order chi connectivity index (χ1) is 15.7. The lowest BCUT2D eigenvalue weighted by atomic mass is 10.1. The lowest BCUT2D eigenvalue weighted by Crippen LogP contribution is -2.38. The number of hydrogen-bond donors (Lipinski definition) is 2. The van der Waals surface area contributed by atoms with E-state index in [9.17, 15) is 0 Å². The minimum absolute atomic E-state index is 0. The summed E-state index contributed by atoms with van der Waals surface area (Å²) in [5.74, 6) is 1.66. The van der Waals surface area contributed by atoms with Crippen LogP contribution in [0.2, 0.25) is 5.02 Å². The fourth-order valence-electron chi connectivity index (χ4n) is 3.09. The summed E-state index contributed by atoms with van der Waals surface area (Å²) in [6, 6.07) is 17.6. The Morgan fingerprint density at radius 1 is 1.09 bits per heavy atom. The highest BCUT2D eigenvalue weighted by Crippen LogP contribution is 2.18. The zero-order valence-corrected chi connectivity index (χ0v) is 21.2. The standard InChI is InChI=1S/C23H24ClN7O.HI/c1-2-25-23(26-14-12-17-4-10-20(11-5-17)31-15-3-13-28-31)27-16-21-29-22(30-32-21)18-6-8-19(24)9-7-18;/h3-11,13,15H,2,12,14,16H2,1H3,(H2,25,26,27);1H. The van der Waals surface area contributed by atoms with E-state index < -0.39 is 0 Å². The molecular weight excluding hydrogens is 553 g/mol. The largest absolute Gasteiger partial charge is 0.357 e. The number of nitrogens with zero attached hydrogens (tertiary/aromatic N) is 5. The molecule has 172 valence electrons. The van der Waals surface area contributed by atoms with Crippen LogP contribution in [-0.4, -0.2) is 39.0 Å².